The van der Waals surface area contributed by atoms with Crippen molar-refractivity contribution in [2.24, 2.45) is 33.9 Å². The van der Waals surface area contributed by atoms with Crippen LogP contribution in [0.15, 0.2) is 46.6 Å². The zero-order chi connectivity index (χ0) is 37.2. The highest BCUT2D eigenvalue weighted by atomic mass is 16.5. The van der Waals surface area contributed by atoms with E-state index in [-0.39, 0.29) is 30.6 Å². The van der Waals surface area contributed by atoms with E-state index in [2.05, 4.69) is 29.7 Å². The van der Waals surface area contributed by atoms with Crippen molar-refractivity contribution in [1.29, 1.82) is 0 Å². The molecule has 0 aromatic heterocycles. The first-order valence-electron chi connectivity index (χ1n) is 21.2. The Kier molecular flexibility index (Phi) is 14.7. The summed E-state index contributed by atoms with van der Waals surface area (Å²) in [6, 6.07) is 5.56. The van der Waals surface area contributed by atoms with Crippen LogP contribution in [-0.2, 0) is 6.42 Å². The number of nitrogens with one attached hydrogen (secondary N) is 2. The van der Waals surface area contributed by atoms with Gasteiger partial charge in [-0.05, 0) is 106 Å². The highest BCUT2D eigenvalue weighted by Crippen LogP contribution is 2.61. The van der Waals surface area contributed by atoms with Crippen molar-refractivity contribution in [1.82, 2.24) is 10.6 Å². The molecule has 3 aliphatic carbocycles. The predicted molar refractivity (Wildman–Crippen MR) is 214 cm³/mol. The molecule has 0 saturated heterocycles. The van der Waals surface area contributed by atoms with Crippen molar-refractivity contribution in [2.45, 2.75) is 135 Å². The Bertz CT molecular complexity index is 1400. The summed E-state index contributed by atoms with van der Waals surface area (Å²) >= 11 is 0. The molecule has 294 valence electrons. The minimum atomic E-state index is -0.365. The number of aromatic hydroxyl groups is 1. The van der Waals surface area contributed by atoms with E-state index in [0.29, 0.717) is 36.2 Å². The van der Waals surface area contributed by atoms with Crippen molar-refractivity contribution < 1.29 is 24.8 Å². The maximum Gasteiger partial charge on any atom is 0.196 e. The summed E-state index contributed by atoms with van der Waals surface area (Å²) in [4.78, 5) is 5.43. The molecule has 8 N–H and O–H groups in total. The maximum absolute atomic E-state index is 10.9. The average Bonchev–Trinajstić information content (AvgIpc) is 3.97. The minimum absolute atomic E-state index is 0.0543. The lowest BCUT2D eigenvalue weighted by Crippen LogP contribution is -2.38. The van der Waals surface area contributed by atoms with E-state index in [1.54, 1.807) is 6.07 Å². The van der Waals surface area contributed by atoms with E-state index in [0.717, 1.165) is 87.0 Å². The maximum atomic E-state index is 10.9. The topological polar surface area (TPSA) is 145 Å². The summed E-state index contributed by atoms with van der Waals surface area (Å²) in [5.74, 6) is 3.86. The second-order valence-corrected chi connectivity index (χ2v) is 16.7. The van der Waals surface area contributed by atoms with Crippen LogP contribution in [-0.4, -0.2) is 83.4 Å². The number of ether oxygens (including phenoxy) is 2. The fourth-order valence-electron chi connectivity index (χ4n) is 10.3. The lowest BCUT2D eigenvalue weighted by molar-refractivity contribution is -0.0552. The number of aryl methyl sites for hydroxylation is 1. The number of rotatable bonds is 21. The van der Waals surface area contributed by atoms with Crippen molar-refractivity contribution in [3.8, 4) is 11.5 Å². The number of unbranched alkanes of at least 4 members (excludes halogenated alkanes) is 4. The largest absolute Gasteiger partial charge is 0.504 e. The monoisotopic (exact) mass is 734 g/mol. The van der Waals surface area contributed by atoms with Gasteiger partial charge in [0.15, 0.2) is 23.2 Å². The van der Waals surface area contributed by atoms with Gasteiger partial charge in [-0.3, -0.25) is 5.32 Å². The Labute approximate surface area is 319 Å². The predicted octanol–water partition coefficient (Wildman–Crippen LogP) is 6.22. The number of hydrogen-bond donors (Lipinski definition) is 6. The Balaban J connectivity index is 1.09. The number of allylic oxidation sites excluding steroid dienone is 1. The van der Waals surface area contributed by atoms with Gasteiger partial charge in [-0.1, -0.05) is 51.5 Å². The third-order valence-corrected chi connectivity index (χ3v) is 13.0. The van der Waals surface area contributed by atoms with Gasteiger partial charge in [0, 0.05) is 32.5 Å². The summed E-state index contributed by atoms with van der Waals surface area (Å²) in [6.45, 7) is 7.43. The van der Waals surface area contributed by atoms with Crippen molar-refractivity contribution in [2.75, 3.05) is 39.4 Å². The van der Waals surface area contributed by atoms with Gasteiger partial charge in [-0.2, -0.15) is 0 Å². The smallest absolute Gasteiger partial charge is 0.196 e. The molecule has 0 bridgehead atoms. The van der Waals surface area contributed by atoms with Crippen LogP contribution < -0.4 is 21.1 Å². The SMILES string of the molecule is CCN[C@@H](COc1cc(CC[C-]2C=C(CO)C(CCCCCCCN)[OH+]2)ccc1O)C1=C[C+]2C(=N1)CC1(CCCC1)[C@H]1CCC[C@H]1[C@@H]2CNC[C@H](C)O. The molecule has 2 heterocycles. The highest BCUT2D eigenvalue weighted by Gasteiger charge is 2.58. The number of nitrogens with zero attached hydrogens (tertiary/aromatic N) is 1. The average molecular weight is 734 g/mol. The standard InChI is InChI=1S/C44H68N4O5/c1-3-47-40(38-24-35-36(27-46-26-30(2)50)34-12-11-13-37(34)44(19-8-9-20-44)25-39(35)48-38)29-52-43-22-31(16-18-41(43)51)15-17-33-23-32(28-49)42(53-33)14-7-5-4-6-10-21-45/h16,18,22-24,30,34,36-37,40,42,46-47,49-50,53H,3-15,17,19-21,25-29,45H2,1-2H3/p+1/t30-,34-,36-,37-,40-,42?/m0/s1. The van der Waals surface area contributed by atoms with E-state index in [4.69, 9.17) is 20.2 Å². The fourth-order valence-corrected chi connectivity index (χ4v) is 10.3. The molecular formula is C44H69N4O5+. The fraction of sp³-hybridized carbons (Fsp3) is 0.705. The normalized spacial score (nSPS) is 25.9. The van der Waals surface area contributed by atoms with Crippen LogP contribution in [0, 0.1) is 35.2 Å². The molecule has 3 fully saturated rings. The number of phenolic OH excluding ortho intramolecular Hbond substituents is 1. The molecule has 1 unspecified atom stereocenters. The Morgan fingerprint density at radius 2 is 1.94 bits per heavy atom. The van der Waals surface area contributed by atoms with E-state index in [1.807, 2.05) is 19.1 Å². The van der Waals surface area contributed by atoms with E-state index < -0.39 is 0 Å². The van der Waals surface area contributed by atoms with Gasteiger partial charge in [0.2, 0.25) is 0 Å². The van der Waals surface area contributed by atoms with Crippen molar-refractivity contribution >= 4 is 5.71 Å². The molecule has 5 aliphatic rings. The molecule has 6 atom stereocenters. The van der Waals surface area contributed by atoms with Crippen LogP contribution in [0.4, 0.5) is 0 Å². The number of aliphatic hydroxyl groups excluding tert-OH is 2. The van der Waals surface area contributed by atoms with Gasteiger partial charge < -0.3 is 35.8 Å². The molecule has 53 heavy (non-hydrogen) atoms. The second-order valence-electron chi connectivity index (χ2n) is 16.7. The number of aliphatic imine (C=N–C) groups is 1. The molecule has 1 aromatic rings. The highest BCUT2D eigenvalue weighted by molar-refractivity contribution is 6.03. The number of nitrogens with two attached hydrogens (primary N) is 1. The first kappa shape index (κ1) is 40.1. The van der Waals surface area contributed by atoms with Gasteiger partial charge in [0.1, 0.15) is 30.4 Å². The van der Waals surface area contributed by atoms with Crippen LogP contribution in [0.25, 0.3) is 0 Å². The lowest BCUT2D eigenvalue weighted by Gasteiger charge is -2.37. The first-order chi connectivity index (χ1) is 25.8. The molecule has 1 spiro atoms. The van der Waals surface area contributed by atoms with Crippen LogP contribution in [0.1, 0.15) is 116 Å². The minimum Gasteiger partial charge on any atom is -0.504 e. The summed E-state index contributed by atoms with van der Waals surface area (Å²) in [5.41, 5.74) is 10.4. The van der Waals surface area contributed by atoms with E-state index in [1.165, 1.54) is 75.8 Å². The zero-order valence-electron chi connectivity index (χ0n) is 32.6. The third kappa shape index (κ3) is 10.0. The van der Waals surface area contributed by atoms with E-state index >= 15 is 0 Å². The van der Waals surface area contributed by atoms with Gasteiger partial charge in [0.25, 0.3) is 0 Å². The lowest BCUT2D eigenvalue weighted by atomic mass is 9.66. The molecule has 9 heteroatoms. The van der Waals surface area contributed by atoms with E-state index in [9.17, 15) is 15.3 Å². The van der Waals surface area contributed by atoms with Crippen molar-refractivity contribution in [3.63, 3.8) is 0 Å². The first-order valence-corrected chi connectivity index (χ1v) is 21.2. The van der Waals surface area contributed by atoms with Crippen molar-refractivity contribution in [3.05, 3.63) is 59.2 Å². The number of phenols is 1. The Hall–Kier alpha value is -2.53. The summed E-state index contributed by atoms with van der Waals surface area (Å²) in [6.07, 6.45) is 23.9. The summed E-state index contributed by atoms with van der Waals surface area (Å²) in [7, 11) is 0. The van der Waals surface area contributed by atoms with Gasteiger partial charge in [-0.15, -0.1) is 16.6 Å². The second kappa shape index (κ2) is 19.4. The van der Waals surface area contributed by atoms with Gasteiger partial charge in [-0.25, -0.2) is 0 Å². The van der Waals surface area contributed by atoms with Gasteiger partial charge >= 0.3 is 0 Å². The number of likely N-dealkylation sites (N-methyl/N-ethyl adjacent to an activating group) is 1. The van der Waals surface area contributed by atoms with Crippen LogP contribution in [0.3, 0.4) is 0 Å². The summed E-state index contributed by atoms with van der Waals surface area (Å²) < 4.78 is 11.4. The van der Waals surface area contributed by atoms with Crippen LogP contribution >= 0.6 is 0 Å². The molecular weight excluding hydrogens is 665 g/mol. The van der Waals surface area contributed by atoms with Crippen LogP contribution in [0.5, 0.6) is 11.5 Å². The molecule has 3 saturated carbocycles. The third-order valence-electron chi connectivity index (χ3n) is 13.0. The molecule has 2 aliphatic heterocycles. The molecule has 0 amide bonds. The number of fused-ring (bicyclic) bond motifs is 3. The zero-order valence-corrected chi connectivity index (χ0v) is 32.6. The molecule has 0 radical (unpaired) electrons. The molecule has 9 nitrogen and oxygen atoms in total. The quantitative estimate of drug-likeness (QED) is 0.0500. The Morgan fingerprint density at radius 3 is 2.72 bits per heavy atom. The number of benzene rings is 1. The number of hydrogen-bond acceptors (Lipinski definition) is 8. The molecule has 6 rings (SSSR count). The Morgan fingerprint density at radius 1 is 1.13 bits per heavy atom. The van der Waals surface area contributed by atoms with Crippen LogP contribution in [0.2, 0.25) is 0 Å². The summed E-state index contributed by atoms with van der Waals surface area (Å²) in [5, 5.41) is 38.1. The molecule has 1 aromatic carbocycles. The number of aliphatic hydroxyl groups is 4. The van der Waals surface area contributed by atoms with Gasteiger partial charge in [0.05, 0.1) is 18.1 Å².